The zero-order valence-electron chi connectivity index (χ0n) is 10.5. The lowest BCUT2D eigenvalue weighted by atomic mass is 10.1. The zero-order valence-corrected chi connectivity index (χ0v) is 10.5. The van der Waals surface area contributed by atoms with E-state index in [2.05, 4.69) is 17.1 Å². The molecule has 4 nitrogen and oxygen atoms in total. The van der Waals surface area contributed by atoms with Crippen molar-refractivity contribution in [1.29, 1.82) is 0 Å². The highest BCUT2D eigenvalue weighted by Crippen LogP contribution is 2.19. The molecule has 1 fully saturated rings. The predicted molar refractivity (Wildman–Crippen MR) is 66.2 cm³/mol. The Morgan fingerprint density at radius 1 is 1.56 bits per heavy atom. The standard InChI is InChI=1S/C12H25N3O/c1-3-10-6-5-8-15(10)9-7-11(12(13)16)14-4-2/h10-11,14H,3-9H2,1-2H3,(H2,13,16). The molecule has 0 spiro atoms. The molecule has 94 valence electrons. The average molecular weight is 227 g/mol. The number of nitrogens with one attached hydrogen (secondary N) is 1. The van der Waals surface area contributed by atoms with E-state index in [1.807, 2.05) is 6.92 Å². The topological polar surface area (TPSA) is 58.4 Å². The smallest absolute Gasteiger partial charge is 0.234 e. The molecule has 1 amide bonds. The van der Waals surface area contributed by atoms with E-state index in [1.165, 1.54) is 25.8 Å². The Kier molecular flexibility index (Phi) is 5.77. The summed E-state index contributed by atoms with van der Waals surface area (Å²) in [6.45, 7) is 7.19. The third kappa shape index (κ3) is 3.76. The quantitative estimate of drug-likeness (QED) is 0.673. The Labute approximate surface area is 98.6 Å². The molecule has 0 aromatic carbocycles. The van der Waals surface area contributed by atoms with Crippen LogP contribution in [-0.4, -0.2) is 42.5 Å². The molecule has 1 aliphatic heterocycles. The van der Waals surface area contributed by atoms with Gasteiger partial charge in [-0.25, -0.2) is 0 Å². The Balaban J connectivity index is 2.33. The molecule has 0 aromatic heterocycles. The van der Waals surface area contributed by atoms with E-state index < -0.39 is 0 Å². The van der Waals surface area contributed by atoms with Crippen molar-refractivity contribution < 1.29 is 4.79 Å². The fourth-order valence-electron chi connectivity index (χ4n) is 2.54. The number of nitrogens with zero attached hydrogens (tertiary/aromatic N) is 1. The lowest BCUT2D eigenvalue weighted by Gasteiger charge is -2.25. The summed E-state index contributed by atoms with van der Waals surface area (Å²) in [4.78, 5) is 13.7. The summed E-state index contributed by atoms with van der Waals surface area (Å²) in [5.74, 6) is -0.228. The summed E-state index contributed by atoms with van der Waals surface area (Å²) < 4.78 is 0. The number of amides is 1. The number of hydrogen-bond donors (Lipinski definition) is 2. The van der Waals surface area contributed by atoms with Gasteiger partial charge >= 0.3 is 0 Å². The van der Waals surface area contributed by atoms with Crippen LogP contribution in [0.1, 0.15) is 39.5 Å². The normalized spacial score (nSPS) is 23.5. The van der Waals surface area contributed by atoms with Gasteiger partial charge in [0.05, 0.1) is 6.04 Å². The summed E-state index contributed by atoms with van der Waals surface area (Å²) in [6.07, 6.45) is 4.64. The molecule has 1 saturated heterocycles. The molecule has 0 saturated carbocycles. The van der Waals surface area contributed by atoms with Crippen LogP contribution >= 0.6 is 0 Å². The minimum absolute atomic E-state index is 0.164. The Bertz CT molecular complexity index is 220. The van der Waals surface area contributed by atoms with Crippen LogP contribution in [0.25, 0.3) is 0 Å². The first-order chi connectivity index (χ1) is 7.69. The van der Waals surface area contributed by atoms with Crippen LogP contribution in [0.3, 0.4) is 0 Å². The number of hydrogen-bond acceptors (Lipinski definition) is 3. The molecule has 2 atom stereocenters. The highest BCUT2D eigenvalue weighted by Gasteiger charge is 2.24. The van der Waals surface area contributed by atoms with E-state index in [0.717, 1.165) is 25.6 Å². The SMILES string of the molecule is CCNC(CCN1CCCC1CC)C(N)=O. The van der Waals surface area contributed by atoms with Gasteiger partial charge in [0.2, 0.25) is 5.91 Å². The third-order valence-electron chi connectivity index (χ3n) is 3.47. The molecule has 2 unspecified atom stereocenters. The van der Waals surface area contributed by atoms with Crippen LogP contribution in [0.15, 0.2) is 0 Å². The maximum absolute atomic E-state index is 11.2. The van der Waals surface area contributed by atoms with Crippen LogP contribution in [-0.2, 0) is 4.79 Å². The molecular formula is C12H25N3O. The van der Waals surface area contributed by atoms with Crippen LogP contribution in [0.4, 0.5) is 0 Å². The van der Waals surface area contributed by atoms with E-state index in [0.29, 0.717) is 0 Å². The number of rotatable bonds is 7. The van der Waals surface area contributed by atoms with Crippen LogP contribution in [0.5, 0.6) is 0 Å². The fourth-order valence-corrected chi connectivity index (χ4v) is 2.54. The van der Waals surface area contributed by atoms with E-state index in [-0.39, 0.29) is 11.9 Å². The van der Waals surface area contributed by atoms with Crippen LogP contribution in [0, 0.1) is 0 Å². The van der Waals surface area contributed by atoms with Gasteiger partial charge in [0.25, 0.3) is 0 Å². The number of likely N-dealkylation sites (N-methyl/N-ethyl adjacent to an activating group) is 1. The van der Waals surface area contributed by atoms with Crippen molar-refractivity contribution in [2.45, 2.75) is 51.6 Å². The number of carbonyl (C=O) groups is 1. The molecule has 3 N–H and O–H groups in total. The first kappa shape index (κ1) is 13.5. The first-order valence-corrected chi connectivity index (χ1v) is 6.45. The third-order valence-corrected chi connectivity index (χ3v) is 3.47. The van der Waals surface area contributed by atoms with E-state index in [4.69, 9.17) is 5.73 Å². The van der Waals surface area contributed by atoms with E-state index in [1.54, 1.807) is 0 Å². The molecule has 0 aromatic rings. The highest BCUT2D eigenvalue weighted by molar-refractivity contribution is 5.79. The van der Waals surface area contributed by atoms with Gasteiger partial charge in [-0.05, 0) is 38.8 Å². The van der Waals surface area contributed by atoms with Crippen molar-refractivity contribution in [3.8, 4) is 0 Å². The van der Waals surface area contributed by atoms with Gasteiger partial charge in [-0.15, -0.1) is 0 Å². The van der Waals surface area contributed by atoms with Crippen molar-refractivity contribution in [2.75, 3.05) is 19.6 Å². The van der Waals surface area contributed by atoms with Gasteiger partial charge < -0.3 is 16.0 Å². The number of likely N-dealkylation sites (tertiary alicyclic amines) is 1. The molecule has 0 bridgehead atoms. The summed E-state index contributed by atoms with van der Waals surface area (Å²) in [6, 6.07) is 0.554. The monoisotopic (exact) mass is 227 g/mol. The number of nitrogens with two attached hydrogens (primary N) is 1. The van der Waals surface area contributed by atoms with Gasteiger partial charge in [0.1, 0.15) is 0 Å². The first-order valence-electron chi connectivity index (χ1n) is 6.45. The molecule has 1 rings (SSSR count). The van der Waals surface area contributed by atoms with Gasteiger partial charge in [-0.3, -0.25) is 4.79 Å². The molecule has 0 aliphatic carbocycles. The number of carbonyl (C=O) groups excluding carboxylic acids is 1. The van der Waals surface area contributed by atoms with Crippen molar-refractivity contribution in [3.05, 3.63) is 0 Å². The fraction of sp³-hybridized carbons (Fsp3) is 0.917. The Morgan fingerprint density at radius 2 is 2.31 bits per heavy atom. The average Bonchev–Trinajstić information content (AvgIpc) is 2.71. The molecule has 4 heteroatoms. The molecule has 0 radical (unpaired) electrons. The lowest BCUT2D eigenvalue weighted by molar-refractivity contribution is -0.120. The second-order valence-electron chi connectivity index (χ2n) is 4.54. The van der Waals surface area contributed by atoms with Crippen LogP contribution < -0.4 is 11.1 Å². The Morgan fingerprint density at radius 3 is 2.88 bits per heavy atom. The summed E-state index contributed by atoms with van der Waals surface area (Å²) in [5, 5.41) is 3.14. The highest BCUT2D eigenvalue weighted by atomic mass is 16.1. The summed E-state index contributed by atoms with van der Waals surface area (Å²) in [5.41, 5.74) is 5.35. The minimum atomic E-state index is -0.228. The molecular weight excluding hydrogens is 202 g/mol. The molecule has 16 heavy (non-hydrogen) atoms. The second kappa shape index (κ2) is 6.86. The van der Waals surface area contributed by atoms with Gasteiger partial charge in [0.15, 0.2) is 0 Å². The zero-order chi connectivity index (χ0) is 12.0. The largest absolute Gasteiger partial charge is 0.368 e. The molecule has 1 heterocycles. The van der Waals surface area contributed by atoms with Crippen molar-refractivity contribution >= 4 is 5.91 Å². The van der Waals surface area contributed by atoms with Gasteiger partial charge in [0, 0.05) is 12.6 Å². The van der Waals surface area contributed by atoms with E-state index in [9.17, 15) is 4.79 Å². The maximum Gasteiger partial charge on any atom is 0.234 e. The van der Waals surface area contributed by atoms with Crippen molar-refractivity contribution in [1.82, 2.24) is 10.2 Å². The Hall–Kier alpha value is -0.610. The summed E-state index contributed by atoms with van der Waals surface area (Å²) >= 11 is 0. The van der Waals surface area contributed by atoms with E-state index >= 15 is 0 Å². The van der Waals surface area contributed by atoms with Crippen LogP contribution in [0.2, 0.25) is 0 Å². The molecule has 1 aliphatic rings. The minimum Gasteiger partial charge on any atom is -0.368 e. The second-order valence-corrected chi connectivity index (χ2v) is 4.54. The predicted octanol–water partition coefficient (Wildman–Crippen LogP) is 0.714. The van der Waals surface area contributed by atoms with Gasteiger partial charge in [-0.2, -0.15) is 0 Å². The lowest BCUT2D eigenvalue weighted by Crippen LogP contribution is -2.44. The van der Waals surface area contributed by atoms with Gasteiger partial charge in [-0.1, -0.05) is 13.8 Å². The maximum atomic E-state index is 11.2. The van der Waals surface area contributed by atoms with Crippen molar-refractivity contribution in [2.24, 2.45) is 5.73 Å². The summed E-state index contributed by atoms with van der Waals surface area (Å²) in [7, 11) is 0. The van der Waals surface area contributed by atoms with Crippen molar-refractivity contribution in [3.63, 3.8) is 0 Å². The number of primary amides is 1.